The third-order valence-corrected chi connectivity index (χ3v) is 1.48. The lowest BCUT2D eigenvalue weighted by Crippen LogP contribution is -2.20. The van der Waals surface area contributed by atoms with E-state index in [0.717, 1.165) is 12.2 Å². The first-order chi connectivity index (χ1) is 5.88. The van der Waals surface area contributed by atoms with Gasteiger partial charge in [0.25, 0.3) is 0 Å². The Morgan fingerprint density at radius 3 is 3.08 bits per heavy atom. The maximum atomic E-state index is 5.32. The Kier molecular flexibility index (Phi) is 3.24. The monoisotopic (exact) mass is 161 g/mol. The molecule has 0 aliphatic carbocycles. The van der Waals surface area contributed by atoms with Crippen LogP contribution < -0.4 is 5.32 Å². The molecular weight excluding hydrogens is 150 g/mol. The predicted octanol–water partition coefficient (Wildman–Crippen LogP) is 0.760. The largest absolute Gasteiger partial charge is 0.299 e. The van der Waals surface area contributed by atoms with Gasteiger partial charge in [-0.1, -0.05) is 12.8 Å². The van der Waals surface area contributed by atoms with E-state index < -0.39 is 0 Å². The highest BCUT2D eigenvalue weighted by Gasteiger charge is 2.05. The lowest BCUT2D eigenvalue weighted by Gasteiger charge is -2.09. The Morgan fingerprint density at radius 1 is 1.75 bits per heavy atom. The fraction of sp³-hybridized carbons (Fsp3) is 0.333. The second-order valence-electron chi connectivity index (χ2n) is 2.29. The van der Waals surface area contributed by atoms with Crippen molar-refractivity contribution in [3.05, 3.63) is 24.3 Å². The van der Waals surface area contributed by atoms with Crippen LogP contribution in [0, 0.1) is 12.3 Å². The van der Waals surface area contributed by atoms with Crippen molar-refractivity contribution < 1.29 is 0 Å². The van der Waals surface area contributed by atoms with E-state index in [1.807, 2.05) is 13.0 Å². The van der Waals surface area contributed by atoms with E-state index in [1.165, 1.54) is 6.33 Å². The summed E-state index contributed by atoms with van der Waals surface area (Å²) in [7, 11) is 0. The fourth-order valence-corrected chi connectivity index (χ4v) is 0.925. The van der Waals surface area contributed by atoms with Gasteiger partial charge in [-0.15, -0.1) is 6.42 Å². The molecule has 3 nitrogen and oxygen atoms in total. The molecule has 0 radical (unpaired) electrons. The molecule has 0 saturated carbocycles. The summed E-state index contributed by atoms with van der Waals surface area (Å²) in [5.74, 6) is 2.62. The molecular formula is C9H11N3. The van der Waals surface area contributed by atoms with Crippen LogP contribution in [0.5, 0.6) is 0 Å². The van der Waals surface area contributed by atoms with Crippen LogP contribution in [0.4, 0.5) is 0 Å². The first-order valence-corrected chi connectivity index (χ1v) is 3.84. The highest BCUT2D eigenvalue weighted by Crippen LogP contribution is 2.05. The summed E-state index contributed by atoms with van der Waals surface area (Å²) in [6.45, 7) is 2.84. The number of nitrogens with one attached hydrogen (secondary N) is 1. The summed E-state index contributed by atoms with van der Waals surface area (Å²) in [5, 5.41) is 3.12. The van der Waals surface area contributed by atoms with Gasteiger partial charge in [0.05, 0.1) is 5.69 Å². The number of terminal acetylenes is 1. The summed E-state index contributed by atoms with van der Waals surface area (Å²) < 4.78 is 0. The summed E-state index contributed by atoms with van der Waals surface area (Å²) >= 11 is 0. The molecule has 1 unspecified atom stereocenters. The summed E-state index contributed by atoms with van der Waals surface area (Å²) in [6, 6.07) is 1.71. The zero-order chi connectivity index (χ0) is 8.81. The lowest BCUT2D eigenvalue weighted by atomic mass is 10.2. The molecule has 62 valence electrons. The smallest absolute Gasteiger partial charge is 0.115 e. The molecule has 1 rings (SSSR count). The van der Waals surface area contributed by atoms with Gasteiger partial charge >= 0.3 is 0 Å². The van der Waals surface area contributed by atoms with Crippen LogP contribution in [0.2, 0.25) is 0 Å². The Hall–Kier alpha value is -1.40. The maximum Gasteiger partial charge on any atom is 0.115 e. The third kappa shape index (κ3) is 2.04. The Bertz CT molecular complexity index is 263. The topological polar surface area (TPSA) is 37.8 Å². The molecule has 0 fully saturated rings. The summed E-state index contributed by atoms with van der Waals surface area (Å²) in [6.07, 6.45) is 8.50. The van der Waals surface area contributed by atoms with Crippen molar-refractivity contribution >= 4 is 0 Å². The highest BCUT2D eigenvalue weighted by molar-refractivity contribution is 5.15. The quantitative estimate of drug-likeness (QED) is 0.665. The first-order valence-electron chi connectivity index (χ1n) is 3.84. The van der Waals surface area contributed by atoms with Gasteiger partial charge in [-0.2, -0.15) is 0 Å². The molecule has 1 N–H and O–H groups in total. The molecule has 3 heteroatoms. The second kappa shape index (κ2) is 4.47. The van der Waals surface area contributed by atoms with Gasteiger partial charge in [0.1, 0.15) is 12.4 Å². The summed E-state index contributed by atoms with van der Waals surface area (Å²) in [4.78, 5) is 7.87. The van der Waals surface area contributed by atoms with E-state index in [9.17, 15) is 0 Å². The van der Waals surface area contributed by atoms with Crippen molar-refractivity contribution in [1.29, 1.82) is 0 Å². The van der Waals surface area contributed by atoms with E-state index in [0.29, 0.717) is 0 Å². The van der Waals surface area contributed by atoms with E-state index in [4.69, 9.17) is 6.42 Å². The van der Waals surface area contributed by atoms with Crippen molar-refractivity contribution in [2.24, 2.45) is 0 Å². The van der Waals surface area contributed by atoms with E-state index in [2.05, 4.69) is 21.2 Å². The Balaban J connectivity index is 2.75. The summed E-state index contributed by atoms with van der Waals surface area (Å²) in [5.41, 5.74) is 0.842. The minimum absolute atomic E-state index is 0.0991. The van der Waals surface area contributed by atoms with Gasteiger partial charge in [0, 0.05) is 6.20 Å². The van der Waals surface area contributed by atoms with Gasteiger partial charge < -0.3 is 0 Å². The second-order valence-corrected chi connectivity index (χ2v) is 2.29. The van der Waals surface area contributed by atoms with Crippen LogP contribution >= 0.6 is 0 Å². The first kappa shape index (κ1) is 8.69. The molecule has 1 heterocycles. The molecule has 12 heavy (non-hydrogen) atoms. The third-order valence-electron chi connectivity index (χ3n) is 1.48. The Morgan fingerprint density at radius 2 is 2.58 bits per heavy atom. The zero-order valence-electron chi connectivity index (χ0n) is 6.99. The number of hydrogen-bond acceptors (Lipinski definition) is 3. The van der Waals surface area contributed by atoms with Crippen LogP contribution in [-0.4, -0.2) is 16.5 Å². The van der Waals surface area contributed by atoms with Crippen molar-refractivity contribution in [2.75, 3.05) is 6.54 Å². The van der Waals surface area contributed by atoms with Crippen molar-refractivity contribution in [3.63, 3.8) is 0 Å². The molecule has 1 aromatic rings. The van der Waals surface area contributed by atoms with Gasteiger partial charge in [0.15, 0.2) is 0 Å². The van der Waals surface area contributed by atoms with Gasteiger partial charge in [-0.05, 0) is 12.6 Å². The molecule has 1 atom stereocenters. The van der Waals surface area contributed by atoms with Crippen molar-refractivity contribution in [3.8, 4) is 12.3 Å². The Labute approximate surface area is 72.2 Å². The van der Waals surface area contributed by atoms with Gasteiger partial charge in [-0.25, -0.2) is 9.97 Å². The maximum absolute atomic E-state index is 5.32. The molecule has 0 aromatic carbocycles. The SMILES string of the molecule is C#CC(NCC)c1ccncn1. The van der Waals surface area contributed by atoms with Crippen LogP contribution in [0.1, 0.15) is 18.7 Å². The van der Waals surface area contributed by atoms with Crippen LogP contribution in [0.15, 0.2) is 18.6 Å². The van der Waals surface area contributed by atoms with E-state index in [-0.39, 0.29) is 6.04 Å². The molecule has 0 spiro atoms. The number of hydrogen-bond donors (Lipinski definition) is 1. The predicted molar refractivity (Wildman–Crippen MR) is 47.3 cm³/mol. The average molecular weight is 161 g/mol. The van der Waals surface area contributed by atoms with Crippen molar-refractivity contribution in [2.45, 2.75) is 13.0 Å². The number of aromatic nitrogens is 2. The van der Waals surface area contributed by atoms with Crippen LogP contribution in [-0.2, 0) is 0 Å². The zero-order valence-corrected chi connectivity index (χ0v) is 6.99. The molecule has 0 bridgehead atoms. The lowest BCUT2D eigenvalue weighted by molar-refractivity contribution is 0.647. The number of rotatable bonds is 3. The van der Waals surface area contributed by atoms with Crippen LogP contribution in [0.25, 0.3) is 0 Å². The fourth-order valence-electron chi connectivity index (χ4n) is 0.925. The average Bonchev–Trinajstić information content (AvgIpc) is 2.15. The minimum atomic E-state index is -0.0991. The standard InChI is InChI=1S/C9H11N3/c1-3-8(11-4-2)9-5-6-10-7-12-9/h1,5-8,11H,4H2,2H3. The van der Waals surface area contributed by atoms with Gasteiger partial charge in [0.2, 0.25) is 0 Å². The van der Waals surface area contributed by atoms with Crippen LogP contribution in [0.3, 0.4) is 0 Å². The molecule has 1 aromatic heterocycles. The highest BCUT2D eigenvalue weighted by atomic mass is 14.9. The van der Waals surface area contributed by atoms with E-state index in [1.54, 1.807) is 6.20 Å². The van der Waals surface area contributed by atoms with Gasteiger partial charge in [-0.3, -0.25) is 5.32 Å². The molecule has 0 amide bonds. The minimum Gasteiger partial charge on any atom is -0.299 e. The normalized spacial score (nSPS) is 12.0. The number of nitrogens with zero attached hydrogens (tertiary/aromatic N) is 2. The van der Waals surface area contributed by atoms with Crippen molar-refractivity contribution in [1.82, 2.24) is 15.3 Å². The molecule has 0 saturated heterocycles. The van der Waals surface area contributed by atoms with E-state index >= 15 is 0 Å². The molecule has 0 aliphatic heterocycles. The molecule has 0 aliphatic rings.